The maximum Gasteiger partial charge on any atom is 0.165 e. The fraction of sp³-hybridized carbons (Fsp3) is 0.400. The Morgan fingerprint density at radius 3 is 1.92 bits per heavy atom. The third-order valence-electron chi connectivity index (χ3n) is 1.83. The molecule has 3 heteroatoms. The molecule has 0 amide bonds. The highest BCUT2D eigenvalue weighted by Crippen LogP contribution is 2.34. The third-order valence-corrected chi connectivity index (χ3v) is 1.83. The molecular weight excluding hydrogens is 174 g/mol. The Kier molecular flexibility index (Phi) is 2.28. The summed E-state index contributed by atoms with van der Waals surface area (Å²) in [6, 6.07) is 1.94. The Morgan fingerprint density at radius 2 is 1.54 bits per heavy atom. The van der Waals surface area contributed by atoms with Crippen molar-refractivity contribution in [3.05, 3.63) is 29.3 Å². The molecule has 0 atom stereocenters. The minimum atomic E-state index is -0.786. The van der Waals surface area contributed by atoms with Crippen LogP contribution in [0.5, 0.6) is 5.75 Å². The van der Waals surface area contributed by atoms with Gasteiger partial charge in [-0.25, -0.2) is 8.78 Å². The highest BCUT2D eigenvalue weighted by molar-refractivity contribution is 5.39. The first kappa shape index (κ1) is 9.96. The lowest BCUT2D eigenvalue weighted by Crippen LogP contribution is -2.14. The molecule has 0 unspecified atom stereocenters. The van der Waals surface area contributed by atoms with Gasteiger partial charge in [0.1, 0.15) is 5.82 Å². The van der Waals surface area contributed by atoms with E-state index in [-0.39, 0.29) is 5.56 Å². The zero-order valence-electron chi connectivity index (χ0n) is 7.86. The summed E-state index contributed by atoms with van der Waals surface area (Å²) >= 11 is 0. The van der Waals surface area contributed by atoms with Crippen LogP contribution in [0.25, 0.3) is 0 Å². The zero-order valence-corrected chi connectivity index (χ0v) is 7.86. The van der Waals surface area contributed by atoms with Crippen molar-refractivity contribution in [2.24, 2.45) is 0 Å². The van der Waals surface area contributed by atoms with E-state index in [4.69, 9.17) is 0 Å². The lowest BCUT2D eigenvalue weighted by molar-refractivity contribution is 0.396. The van der Waals surface area contributed by atoms with Crippen molar-refractivity contribution in [3.8, 4) is 5.75 Å². The Labute approximate surface area is 76.0 Å². The van der Waals surface area contributed by atoms with Gasteiger partial charge in [-0.05, 0) is 17.5 Å². The predicted octanol–water partition coefficient (Wildman–Crippen LogP) is 2.97. The number of aromatic hydroxyl groups is 1. The van der Waals surface area contributed by atoms with E-state index in [0.29, 0.717) is 0 Å². The van der Waals surface area contributed by atoms with E-state index in [2.05, 4.69) is 0 Å². The molecule has 0 heterocycles. The molecule has 0 aliphatic heterocycles. The Balaban J connectivity index is 3.43. The van der Waals surface area contributed by atoms with Crippen molar-refractivity contribution < 1.29 is 13.9 Å². The molecule has 1 N–H and O–H groups in total. The van der Waals surface area contributed by atoms with Crippen LogP contribution in [0.3, 0.4) is 0 Å². The van der Waals surface area contributed by atoms with Crippen molar-refractivity contribution >= 4 is 0 Å². The summed E-state index contributed by atoms with van der Waals surface area (Å²) in [5, 5.41) is 9.30. The van der Waals surface area contributed by atoms with Gasteiger partial charge in [0, 0.05) is 5.56 Å². The van der Waals surface area contributed by atoms with Crippen molar-refractivity contribution in [1.29, 1.82) is 0 Å². The maximum atomic E-state index is 13.2. The Bertz CT molecular complexity index is 326. The number of phenols is 1. The fourth-order valence-corrected chi connectivity index (χ4v) is 1.25. The van der Waals surface area contributed by atoms with Crippen molar-refractivity contribution in [2.45, 2.75) is 26.2 Å². The molecule has 13 heavy (non-hydrogen) atoms. The van der Waals surface area contributed by atoms with E-state index >= 15 is 0 Å². The van der Waals surface area contributed by atoms with Gasteiger partial charge < -0.3 is 5.11 Å². The second-order valence-electron chi connectivity index (χ2n) is 4.00. The van der Waals surface area contributed by atoms with Gasteiger partial charge in [0.25, 0.3) is 0 Å². The fourth-order valence-electron chi connectivity index (χ4n) is 1.25. The minimum absolute atomic E-state index is 0.0208. The van der Waals surface area contributed by atoms with Crippen molar-refractivity contribution in [3.63, 3.8) is 0 Å². The average molecular weight is 186 g/mol. The van der Waals surface area contributed by atoms with E-state index in [1.165, 1.54) is 0 Å². The van der Waals surface area contributed by atoms with E-state index in [9.17, 15) is 13.9 Å². The van der Waals surface area contributed by atoms with E-state index in [1.54, 1.807) is 20.8 Å². The van der Waals surface area contributed by atoms with Crippen LogP contribution in [0, 0.1) is 11.6 Å². The van der Waals surface area contributed by atoms with Crippen LogP contribution in [0.15, 0.2) is 12.1 Å². The van der Waals surface area contributed by atoms with E-state index < -0.39 is 22.8 Å². The molecule has 0 saturated heterocycles. The van der Waals surface area contributed by atoms with Crippen LogP contribution >= 0.6 is 0 Å². The molecule has 0 aromatic heterocycles. The van der Waals surface area contributed by atoms with E-state index in [1.807, 2.05) is 0 Å². The number of benzene rings is 1. The average Bonchev–Trinajstić information content (AvgIpc) is 1.95. The number of phenolic OH excluding ortho intramolecular Hbond substituents is 1. The predicted molar refractivity (Wildman–Crippen MR) is 46.7 cm³/mol. The molecule has 0 bridgehead atoms. The second-order valence-corrected chi connectivity index (χ2v) is 4.00. The molecule has 0 fully saturated rings. The van der Waals surface area contributed by atoms with Crippen molar-refractivity contribution in [1.82, 2.24) is 0 Å². The van der Waals surface area contributed by atoms with Gasteiger partial charge in [-0.1, -0.05) is 20.8 Å². The van der Waals surface area contributed by atoms with Gasteiger partial charge >= 0.3 is 0 Å². The number of halogens is 2. The minimum Gasteiger partial charge on any atom is -0.505 e. The van der Waals surface area contributed by atoms with Gasteiger partial charge in [-0.15, -0.1) is 0 Å². The monoisotopic (exact) mass is 186 g/mol. The number of hydrogen-bond donors (Lipinski definition) is 1. The maximum absolute atomic E-state index is 13.2. The van der Waals surface area contributed by atoms with Crippen LogP contribution in [-0.4, -0.2) is 5.11 Å². The first-order chi connectivity index (χ1) is 5.84. The molecule has 0 aliphatic carbocycles. The largest absolute Gasteiger partial charge is 0.505 e. The summed E-state index contributed by atoms with van der Waals surface area (Å²) in [4.78, 5) is 0. The van der Waals surface area contributed by atoms with Crippen LogP contribution in [0.2, 0.25) is 0 Å². The van der Waals surface area contributed by atoms with Crippen LogP contribution in [-0.2, 0) is 5.41 Å². The van der Waals surface area contributed by atoms with Gasteiger partial charge in [-0.3, -0.25) is 0 Å². The molecular formula is C10H12F2O. The summed E-state index contributed by atoms with van der Waals surface area (Å²) in [6.45, 7) is 5.14. The highest BCUT2D eigenvalue weighted by atomic mass is 19.1. The van der Waals surface area contributed by atoms with Gasteiger partial charge in [-0.2, -0.15) is 0 Å². The van der Waals surface area contributed by atoms with Crippen LogP contribution in [0.1, 0.15) is 26.3 Å². The standard InChI is InChI=1S/C10H12F2O/c1-10(2,3)8-6(11)4-5-7(12)9(8)13/h4-5,13H,1-3H3. The molecule has 0 aliphatic rings. The SMILES string of the molecule is CC(C)(C)c1c(F)ccc(F)c1O. The first-order valence-electron chi connectivity index (χ1n) is 4.01. The van der Waals surface area contributed by atoms with Gasteiger partial charge in [0.05, 0.1) is 0 Å². The molecule has 1 aromatic carbocycles. The molecule has 0 spiro atoms. The Hall–Kier alpha value is -1.12. The zero-order chi connectivity index (χ0) is 10.2. The van der Waals surface area contributed by atoms with Crippen molar-refractivity contribution in [2.75, 3.05) is 0 Å². The summed E-state index contributed by atoms with van der Waals surface area (Å²) < 4.78 is 26.1. The number of rotatable bonds is 0. The summed E-state index contributed by atoms with van der Waals surface area (Å²) in [5.41, 5.74) is -0.580. The topological polar surface area (TPSA) is 20.2 Å². The van der Waals surface area contributed by atoms with Gasteiger partial charge in [0.15, 0.2) is 11.6 Å². The van der Waals surface area contributed by atoms with Crippen LogP contribution in [0.4, 0.5) is 8.78 Å². The van der Waals surface area contributed by atoms with Gasteiger partial charge in [0.2, 0.25) is 0 Å². The lowest BCUT2D eigenvalue weighted by atomic mass is 9.86. The molecule has 1 nitrogen and oxygen atoms in total. The second kappa shape index (κ2) is 2.98. The summed E-state index contributed by atoms with van der Waals surface area (Å²) in [7, 11) is 0. The van der Waals surface area contributed by atoms with Crippen LogP contribution < -0.4 is 0 Å². The highest BCUT2D eigenvalue weighted by Gasteiger charge is 2.24. The normalized spacial score (nSPS) is 11.8. The summed E-state index contributed by atoms with van der Waals surface area (Å²) in [5.74, 6) is -1.95. The summed E-state index contributed by atoms with van der Waals surface area (Å²) in [6.07, 6.45) is 0. The molecule has 0 radical (unpaired) electrons. The molecule has 1 aromatic rings. The lowest BCUT2D eigenvalue weighted by Gasteiger charge is -2.20. The van der Waals surface area contributed by atoms with E-state index in [0.717, 1.165) is 12.1 Å². The Morgan fingerprint density at radius 1 is 1.08 bits per heavy atom. The smallest absolute Gasteiger partial charge is 0.165 e. The molecule has 0 saturated carbocycles. The third kappa shape index (κ3) is 1.79. The first-order valence-corrected chi connectivity index (χ1v) is 4.01. The number of hydrogen-bond acceptors (Lipinski definition) is 1. The quantitative estimate of drug-likeness (QED) is 0.660. The molecule has 72 valence electrons. The molecule has 1 rings (SSSR count).